The second kappa shape index (κ2) is 9.57. The van der Waals surface area contributed by atoms with Crippen molar-refractivity contribution < 1.29 is 26.9 Å². The predicted octanol–water partition coefficient (Wildman–Crippen LogP) is 4.64. The maximum Gasteiger partial charge on any atom is 0.419 e. The summed E-state index contributed by atoms with van der Waals surface area (Å²) < 4.78 is 58.8. The highest BCUT2D eigenvalue weighted by atomic mass is 19.4. The van der Waals surface area contributed by atoms with E-state index in [-0.39, 0.29) is 30.5 Å². The van der Waals surface area contributed by atoms with E-state index in [2.05, 4.69) is 15.1 Å². The minimum atomic E-state index is -4.82. The van der Waals surface area contributed by atoms with Crippen molar-refractivity contribution in [3.8, 4) is 0 Å². The van der Waals surface area contributed by atoms with Gasteiger partial charge in [-0.25, -0.2) is 4.39 Å². The van der Waals surface area contributed by atoms with Crippen molar-refractivity contribution >= 4 is 11.4 Å². The maximum atomic E-state index is 13.9. The van der Waals surface area contributed by atoms with E-state index < -0.39 is 28.9 Å². The number of hydrogen-bond acceptors (Lipinski definition) is 6. The SMILES string of the molecule is O=C(CCc1noc(C2=CCc3ncccc32)n1)c1cccn(Cc2ccc(C(F)(F)F)c(F)c2)c1=O. The molecule has 188 valence electrons. The Hall–Kier alpha value is -4.41. The van der Waals surface area contributed by atoms with Gasteiger partial charge in [-0.3, -0.25) is 14.6 Å². The summed E-state index contributed by atoms with van der Waals surface area (Å²) in [6, 6.07) is 9.01. The van der Waals surface area contributed by atoms with Crippen LogP contribution in [0.25, 0.3) is 5.57 Å². The van der Waals surface area contributed by atoms with Crippen molar-refractivity contribution in [2.45, 2.75) is 32.0 Å². The number of Topliss-reactive ketones (excluding diaryl/α,β-unsaturated/α-hetero) is 1. The molecule has 11 heteroatoms. The van der Waals surface area contributed by atoms with Gasteiger partial charge >= 0.3 is 6.18 Å². The summed E-state index contributed by atoms with van der Waals surface area (Å²) in [5, 5.41) is 3.93. The van der Waals surface area contributed by atoms with Crippen LogP contribution in [0.5, 0.6) is 0 Å². The van der Waals surface area contributed by atoms with E-state index in [1.807, 2.05) is 18.2 Å². The van der Waals surface area contributed by atoms with Crippen molar-refractivity contribution in [3.63, 3.8) is 0 Å². The summed E-state index contributed by atoms with van der Waals surface area (Å²) >= 11 is 0. The van der Waals surface area contributed by atoms with Crippen LogP contribution in [0, 0.1) is 5.82 Å². The number of alkyl halides is 3. The van der Waals surface area contributed by atoms with Gasteiger partial charge in [-0.2, -0.15) is 18.2 Å². The summed E-state index contributed by atoms with van der Waals surface area (Å²) in [6.45, 7) is -0.200. The fourth-order valence-electron chi connectivity index (χ4n) is 4.14. The van der Waals surface area contributed by atoms with Gasteiger partial charge in [0.15, 0.2) is 11.6 Å². The first kappa shape index (κ1) is 24.3. The lowest BCUT2D eigenvalue weighted by Crippen LogP contribution is -2.26. The zero-order valence-corrected chi connectivity index (χ0v) is 19.1. The summed E-state index contributed by atoms with van der Waals surface area (Å²) in [5.41, 5.74) is 0.618. The van der Waals surface area contributed by atoms with E-state index in [4.69, 9.17) is 4.52 Å². The van der Waals surface area contributed by atoms with E-state index >= 15 is 0 Å². The van der Waals surface area contributed by atoms with Gasteiger partial charge in [-0.1, -0.05) is 23.4 Å². The van der Waals surface area contributed by atoms with Crippen LogP contribution in [0.2, 0.25) is 0 Å². The molecular weight excluding hydrogens is 492 g/mol. The zero-order valence-electron chi connectivity index (χ0n) is 19.1. The molecular formula is C26H18F4N4O3. The molecule has 0 spiro atoms. The molecule has 0 amide bonds. The van der Waals surface area contributed by atoms with Gasteiger partial charge in [-0.15, -0.1) is 0 Å². The lowest BCUT2D eigenvalue weighted by Gasteiger charge is -2.11. The van der Waals surface area contributed by atoms with Gasteiger partial charge in [0.05, 0.1) is 23.4 Å². The maximum absolute atomic E-state index is 13.9. The minimum absolute atomic E-state index is 0.0652. The Bertz CT molecular complexity index is 1590. The van der Waals surface area contributed by atoms with Crippen molar-refractivity contribution in [2.24, 2.45) is 0 Å². The zero-order chi connectivity index (χ0) is 26.2. The minimum Gasteiger partial charge on any atom is -0.334 e. The number of fused-ring (bicyclic) bond motifs is 1. The summed E-state index contributed by atoms with van der Waals surface area (Å²) in [6.07, 6.45) is 0.928. The van der Waals surface area contributed by atoms with Crippen LogP contribution in [0.15, 0.2) is 70.3 Å². The summed E-state index contributed by atoms with van der Waals surface area (Å²) in [7, 11) is 0. The standard InChI is InChI=1S/C26H18F4N4O3/c27-20-13-15(5-7-19(20)26(28,29)30)14-34-12-2-4-18(25(34)36)22(35)9-10-23-32-24(37-33-23)17-6-8-21-16(17)3-1-11-31-21/h1-7,11-13H,8-10,14H2. The Kier molecular flexibility index (Phi) is 6.28. The highest BCUT2D eigenvalue weighted by Crippen LogP contribution is 2.32. The van der Waals surface area contributed by atoms with Gasteiger partial charge in [0, 0.05) is 42.8 Å². The van der Waals surface area contributed by atoms with Crippen molar-refractivity contribution in [1.29, 1.82) is 0 Å². The third-order valence-corrected chi connectivity index (χ3v) is 5.97. The molecule has 7 nitrogen and oxygen atoms in total. The van der Waals surface area contributed by atoms with Crippen LogP contribution in [-0.4, -0.2) is 25.5 Å². The second-order valence-corrected chi connectivity index (χ2v) is 8.43. The van der Waals surface area contributed by atoms with E-state index in [1.54, 1.807) is 6.20 Å². The number of nitrogens with zero attached hydrogens (tertiary/aromatic N) is 4. The van der Waals surface area contributed by atoms with Crippen LogP contribution in [0.1, 0.15) is 50.9 Å². The second-order valence-electron chi connectivity index (χ2n) is 8.43. The van der Waals surface area contributed by atoms with E-state index in [9.17, 15) is 27.2 Å². The third-order valence-electron chi connectivity index (χ3n) is 5.97. The number of benzene rings is 1. The Labute approximate surface area is 207 Å². The highest BCUT2D eigenvalue weighted by molar-refractivity contribution is 5.95. The first-order chi connectivity index (χ1) is 17.7. The molecule has 0 fully saturated rings. The van der Waals surface area contributed by atoms with Gasteiger partial charge < -0.3 is 9.09 Å². The molecule has 5 rings (SSSR count). The Balaban J connectivity index is 1.27. The molecule has 4 aromatic rings. The monoisotopic (exact) mass is 510 g/mol. The largest absolute Gasteiger partial charge is 0.419 e. The number of halogens is 4. The average Bonchev–Trinajstić information content (AvgIpc) is 3.50. The van der Waals surface area contributed by atoms with E-state index in [0.29, 0.717) is 24.2 Å². The lowest BCUT2D eigenvalue weighted by atomic mass is 10.1. The van der Waals surface area contributed by atoms with Crippen LogP contribution in [-0.2, 0) is 25.6 Å². The smallest absolute Gasteiger partial charge is 0.334 e. The summed E-state index contributed by atoms with van der Waals surface area (Å²) in [5.74, 6) is -1.27. The molecule has 0 saturated carbocycles. The number of carbonyl (C=O) groups is 1. The summed E-state index contributed by atoms with van der Waals surface area (Å²) in [4.78, 5) is 34.3. The number of aromatic nitrogens is 4. The number of rotatable bonds is 7. The normalized spacial score (nSPS) is 12.9. The molecule has 0 radical (unpaired) electrons. The quantitative estimate of drug-likeness (QED) is 0.266. The van der Waals surface area contributed by atoms with Gasteiger partial charge in [0.25, 0.3) is 11.4 Å². The van der Waals surface area contributed by atoms with Crippen molar-refractivity contribution in [3.05, 3.63) is 117 Å². The number of pyridine rings is 2. The molecule has 37 heavy (non-hydrogen) atoms. The molecule has 3 aromatic heterocycles. The molecule has 0 N–H and O–H groups in total. The molecule has 1 aliphatic rings. The van der Waals surface area contributed by atoms with Gasteiger partial charge in [-0.05, 0) is 35.9 Å². The topological polar surface area (TPSA) is 90.9 Å². The Morgan fingerprint density at radius 3 is 2.76 bits per heavy atom. The first-order valence-corrected chi connectivity index (χ1v) is 11.3. The van der Waals surface area contributed by atoms with Crippen LogP contribution in [0.3, 0.4) is 0 Å². The van der Waals surface area contributed by atoms with Crippen molar-refractivity contribution in [1.82, 2.24) is 19.7 Å². The molecule has 3 heterocycles. The number of hydrogen-bond donors (Lipinski definition) is 0. The fraction of sp³-hybridized carbons (Fsp3) is 0.192. The molecule has 1 aromatic carbocycles. The predicted molar refractivity (Wildman–Crippen MR) is 123 cm³/mol. The Morgan fingerprint density at radius 2 is 1.97 bits per heavy atom. The molecule has 0 unspecified atom stereocenters. The van der Waals surface area contributed by atoms with Crippen LogP contribution >= 0.6 is 0 Å². The van der Waals surface area contributed by atoms with E-state index in [1.165, 1.54) is 18.3 Å². The lowest BCUT2D eigenvalue weighted by molar-refractivity contribution is -0.140. The number of carbonyl (C=O) groups excluding carboxylic acids is 1. The Morgan fingerprint density at radius 1 is 1.14 bits per heavy atom. The molecule has 0 bridgehead atoms. The van der Waals surface area contributed by atoms with Crippen molar-refractivity contribution in [2.75, 3.05) is 0 Å². The molecule has 0 atom stereocenters. The third kappa shape index (κ3) is 4.97. The first-order valence-electron chi connectivity index (χ1n) is 11.3. The molecule has 0 aliphatic heterocycles. The average molecular weight is 510 g/mol. The van der Waals surface area contributed by atoms with Crippen LogP contribution in [0.4, 0.5) is 17.6 Å². The fourth-order valence-corrected chi connectivity index (χ4v) is 4.14. The van der Waals surface area contributed by atoms with Gasteiger partial charge in [0.1, 0.15) is 5.82 Å². The molecule has 0 saturated heterocycles. The number of ketones is 1. The molecule has 1 aliphatic carbocycles. The van der Waals surface area contributed by atoms with Gasteiger partial charge in [0.2, 0.25) is 0 Å². The van der Waals surface area contributed by atoms with E-state index in [0.717, 1.165) is 33.5 Å². The highest BCUT2D eigenvalue weighted by Gasteiger charge is 2.34. The van der Waals surface area contributed by atoms with Crippen LogP contribution < -0.4 is 5.56 Å². The number of allylic oxidation sites excluding steroid dienone is 1. The number of aryl methyl sites for hydroxylation is 1.